The summed E-state index contributed by atoms with van der Waals surface area (Å²) in [5.74, 6) is 1.84. The molecule has 0 amide bonds. The van der Waals surface area contributed by atoms with Gasteiger partial charge in [0.2, 0.25) is 5.89 Å². The van der Waals surface area contributed by atoms with Gasteiger partial charge in [-0.3, -0.25) is 0 Å². The van der Waals surface area contributed by atoms with Gasteiger partial charge in [-0.15, -0.1) is 0 Å². The Morgan fingerprint density at radius 2 is 2.36 bits per heavy atom. The fourth-order valence-electron chi connectivity index (χ4n) is 1.58. The summed E-state index contributed by atoms with van der Waals surface area (Å²) in [6.45, 7) is 4.39. The fraction of sp³-hybridized carbons (Fsp3) is 0.700. The maximum Gasteiger partial charge on any atom is 0.227 e. The smallest absolute Gasteiger partial charge is 0.227 e. The SMILES string of the molecule is CC1(C)CC1c1noc(CCC#N)n1. The molecular weight excluding hydrogens is 178 g/mol. The highest BCUT2D eigenvalue weighted by atomic mass is 16.5. The third-order valence-electron chi connectivity index (χ3n) is 2.76. The van der Waals surface area contributed by atoms with Crippen molar-refractivity contribution in [1.29, 1.82) is 5.26 Å². The molecule has 1 fully saturated rings. The van der Waals surface area contributed by atoms with E-state index in [2.05, 4.69) is 30.1 Å². The Hall–Kier alpha value is -1.37. The standard InChI is InChI=1S/C10H13N3O/c1-10(2)6-7(10)9-12-8(14-13-9)4-3-5-11/h7H,3-4,6H2,1-2H3. The molecule has 0 radical (unpaired) electrons. The number of hydrogen-bond acceptors (Lipinski definition) is 4. The Bertz CT molecular complexity index is 375. The van der Waals surface area contributed by atoms with Gasteiger partial charge >= 0.3 is 0 Å². The summed E-state index contributed by atoms with van der Waals surface area (Å²) >= 11 is 0. The van der Waals surface area contributed by atoms with E-state index < -0.39 is 0 Å². The number of nitrogens with zero attached hydrogens (tertiary/aromatic N) is 3. The molecule has 4 heteroatoms. The van der Waals surface area contributed by atoms with Gasteiger partial charge in [-0.05, 0) is 11.8 Å². The van der Waals surface area contributed by atoms with Crippen molar-refractivity contribution >= 4 is 0 Å². The van der Waals surface area contributed by atoms with Crippen LogP contribution in [0.1, 0.15) is 44.3 Å². The second-order valence-electron chi connectivity index (χ2n) is 4.45. The van der Waals surface area contributed by atoms with Crippen molar-refractivity contribution in [3.63, 3.8) is 0 Å². The van der Waals surface area contributed by atoms with Gasteiger partial charge in [0.15, 0.2) is 5.82 Å². The third kappa shape index (κ3) is 1.63. The highest BCUT2D eigenvalue weighted by molar-refractivity contribution is 5.14. The van der Waals surface area contributed by atoms with Gasteiger partial charge in [0.1, 0.15) is 0 Å². The summed E-state index contributed by atoms with van der Waals surface area (Å²) in [6, 6.07) is 2.06. The minimum Gasteiger partial charge on any atom is -0.339 e. The number of rotatable bonds is 3. The van der Waals surface area contributed by atoms with Crippen LogP contribution in [0.2, 0.25) is 0 Å². The van der Waals surface area contributed by atoms with Crippen LogP contribution in [0.3, 0.4) is 0 Å². The first-order valence-electron chi connectivity index (χ1n) is 4.83. The zero-order chi connectivity index (χ0) is 10.2. The Kier molecular flexibility index (Phi) is 2.03. The van der Waals surface area contributed by atoms with Crippen LogP contribution in [0.5, 0.6) is 0 Å². The molecule has 1 atom stereocenters. The lowest BCUT2D eigenvalue weighted by Gasteiger charge is -1.95. The maximum atomic E-state index is 8.40. The van der Waals surface area contributed by atoms with Crippen molar-refractivity contribution in [2.45, 2.75) is 39.0 Å². The molecule has 0 aromatic carbocycles. The third-order valence-corrected chi connectivity index (χ3v) is 2.76. The van der Waals surface area contributed by atoms with E-state index in [9.17, 15) is 0 Å². The predicted octanol–water partition coefficient (Wildman–Crippen LogP) is 2.04. The topological polar surface area (TPSA) is 62.7 Å². The van der Waals surface area contributed by atoms with Crippen LogP contribution in [0, 0.1) is 16.7 Å². The molecule has 4 nitrogen and oxygen atoms in total. The minimum atomic E-state index is 0.330. The number of nitriles is 1. The van der Waals surface area contributed by atoms with Crippen molar-refractivity contribution in [3.8, 4) is 6.07 Å². The van der Waals surface area contributed by atoms with Gasteiger partial charge in [0.05, 0.1) is 6.07 Å². The van der Waals surface area contributed by atoms with Gasteiger partial charge in [-0.2, -0.15) is 10.2 Å². The summed E-state index contributed by atoms with van der Waals surface area (Å²) in [5, 5.41) is 12.3. The summed E-state index contributed by atoms with van der Waals surface area (Å²) in [7, 11) is 0. The fourth-order valence-corrected chi connectivity index (χ4v) is 1.58. The minimum absolute atomic E-state index is 0.330. The first kappa shape index (κ1) is 9.20. The van der Waals surface area contributed by atoms with Crippen molar-refractivity contribution in [1.82, 2.24) is 10.1 Å². The first-order chi connectivity index (χ1) is 6.63. The van der Waals surface area contributed by atoms with Gasteiger partial charge in [-0.1, -0.05) is 19.0 Å². The summed E-state index contributed by atoms with van der Waals surface area (Å²) in [6.07, 6.45) is 2.14. The molecule has 1 heterocycles. The summed E-state index contributed by atoms with van der Waals surface area (Å²) in [4.78, 5) is 4.28. The van der Waals surface area contributed by atoms with Crippen LogP contribution in [0.15, 0.2) is 4.52 Å². The maximum absolute atomic E-state index is 8.40. The van der Waals surface area contributed by atoms with Crippen molar-refractivity contribution < 1.29 is 4.52 Å². The van der Waals surface area contributed by atoms with Crippen molar-refractivity contribution in [2.24, 2.45) is 5.41 Å². The van der Waals surface area contributed by atoms with E-state index in [1.165, 1.54) is 0 Å². The van der Waals surface area contributed by atoms with E-state index >= 15 is 0 Å². The van der Waals surface area contributed by atoms with Crippen LogP contribution in [-0.4, -0.2) is 10.1 Å². The van der Waals surface area contributed by atoms with E-state index in [1.807, 2.05) is 0 Å². The molecule has 1 saturated carbocycles. The number of aryl methyl sites for hydroxylation is 1. The van der Waals surface area contributed by atoms with Gasteiger partial charge in [0, 0.05) is 18.8 Å². The lowest BCUT2D eigenvalue weighted by atomic mass is 10.1. The lowest BCUT2D eigenvalue weighted by molar-refractivity contribution is 0.372. The Morgan fingerprint density at radius 1 is 1.64 bits per heavy atom. The molecule has 0 bridgehead atoms. The van der Waals surface area contributed by atoms with Crippen molar-refractivity contribution in [2.75, 3.05) is 0 Å². The van der Waals surface area contributed by atoms with Gasteiger partial charge in [-0.25, -0.2) is 0 Å². The van der Waals surface area contributed by atoms with E-state index in [1.54, 1.807) is 0 Å². The molecular formula is C10H13N3O. The van der Waals surface area contributed by atoms with Crippen LogP contribution in [0.25, 0.3) is 0 Å². The van der Waals surface area contributed by atoms with Crippen LogP contribution in [-0.2, 0) is 6.42 Å². The molecule has 1 aliphatic carbocycles. The molecule has 14 heavy (non-hydrogen) atoms. The molecule has 74 valence electrons. The zero-order valence-electron chi connectivity index (χ0n) is 8.45. The zero-order valence-corrected chi connectivity index (χ0v) is 8.45. The Morgan fingerprint density at radius 3 is 2.93 bits per heavy atom. The average molecular weight is 191 g/mol. The molecule has 1 unspecified atom stereocenters. The lowest BCUT2D eigenvalue weighted by Crippen LogP contribution is -1.92. The first-order valence-corrected chi connectivity index (χ1v) is 4.83. The van der Waals surface area contributed by atoms with Gasteiger partial charge < -0.3 is 4.52 Å². The highest BCUT2D eigenvalue weighted by Gasteiger charge is 2.49. The highest BCUT2D eigenvalue weighted by Crippen LogP contribution is 2.57. The molecule has 1 aliphatic rings. The molecule has 1 aromatic rings. The largest absolute Gasteiger partial charge is 0.339 e. The molecule has 0 saturated heterocycles. The monoisotopic (exact) mass is 191 g/mol. The second kappa shape index (κ2) is 3.09. The summed E-state index contributed by atoms with van der Waals surface area (Å²) < 4.78 is 5.05. The second-order valence-corrected chi connectivity index (χ2v) is 4.45. The van der Waals surface area contributed by atoms with E-state index in [4.69, 9.17) is 9.78 Å². The van der Waals surface area contributed by atoms with E-state index in [-0.39, 0.29) is 0 Å². The molecule has 0 spiro atoms. The van der Waals surface area contributed by atoms with Crippen LogP contribution in [0.4, 0.5) is 0 Å². The normalized spacial score (nSPS) is 23.1. The number of aromatic nitrogens is 2. The van der Waals surface area contributed by atoms with Crippen molar-refractivity contribution in [3.05, 3.63) is 11.7 Å². The van der Waals surface area contributed by atoms with Gasteiger partial charge in [0.25, 0.3) is 0 Å². The number of hydrogen-bond donors (Lipinski definition) is 0. The molecule has 0 N–H and O–H groups in total. The Balaban J connectivity index is 2.01. The molecule has 1 aromatic heterocycles. The van der Waals surface area contributed by atoms with Crippen LogP contribution < -0.4 is 0 Å². The van der Waals surface area contributed by atoms with Crippen LogP contribution >= 0.6 is 0 Å². The quantitative estimate of drug-likeness (QED) is 0.733. The Labute approximate surface area is 82.9 Å². The molecule has 0 aliphatic heterocycles. The van der Waals surface area contributed by atoms with E-state index in [0.717, 1.165) is 12.2 Å². The predicted molar refractivity (Wildman–Crippen MR) is 49.4 cm³/mol. The molecule has 2 rings (SSSR count). The van der Waals surface area contributed by atoms with E-state index in [0.29, 0.717) is 30.1 Å². The average Bonchev–Trinajstić information content (AvgIpc) is 2.63. The summed E-state index contributed by atoms with van der Waals surface area (Å²) in [5.41, 5.74) is 0.330.